The minimum Gasteiger partial charge on any atom is -0.534 e. The molecule has 2 heterocycles. The second kappa shape index (κ2) is 18.1. The first-order valence-electron chi connectivity index (χ1n) is 15.3. The molecule has 13 nitrogen and oxygen atoms in total. The van der Waals surface area contributed by atoms with Gasteiger partial charge >= 0.3 is 26.2 Å². The Morgan fingerprint density at radius 2 is 1.28 bits per heavy atom. The van der Waals surface area contributed by atoms with Gasteiger partial charge in [0.2, 0.25) is 11.8 Å². The van der Waals surface area contributed by atoms with Gasteiger partial charge in [-0.1, -0.05) is 27.7 Å². The highest BCUT2D eigenvalue weighted by Gasteiger charge is 2.41. The van der Waals surface area contributed by atoms with Crippen molar-refractivity contribution in [2.24, 2.45) is 0 Å². The van der Waals surface area contributed by atoms with Crippen LogP contribution in [0.1, 0.15) is 86.2 Å². The zero-order valence-electron chi connectivity index (χ0n) is 27.1. The maximum atomic E-state index is 14.0. The highest BCUT2D eigenvalue weighted by molar-refractivity contribution is 6.47. The first-order valence-corrected chi connectivity index (χ1v) is 15.3. The van der Waals surface area contributed by atoms with Gasteiger partial charge in [-0.3, -0.25) is 9.59 Å². The van der Waals surface area contributed by atoms with Crippen molar-refractivity contribution in [3.63, 3.8) is 0 Å². The van der Waals surface area contributed by atoms with Crippen LogP contribution in [0.2, 0.25) is 0 Å². The first kappa shape index (κ1) is 38.8. The Morgan fingerprint density at radius 3 is 1.77 bits per heavy atom. The SMILES string of the molecule is CC.CCOC(=O)c1cc(F)c(F)c2c1OB(O)C(NC(=O)CC)C2.CCOC(=O)c1cc(O)cc2c1OB(O)C(NC(=O)CC)C2. The van der Waals surface area contributed by atoms with E-state index in [0.717, 1.165) is 0 Å². The molecule has 0 fully saturated rings. The van der Waals surface area contributed by atoms with Gasteiger partial charge in [-0.15, -0.1) is 0 Å². The molecule has 0 spiro atoms. The number of hydrogen-bond acceptors (Lipinski definition) is 11. The summed E-state index contributed by atoms with van der Waals surface area (Å²) < 4.78 is 48.0. The molecule has 0 saturated carbocycles. The Morgan fingerprint density at radius 1 is 0.809 bits per heavy atom. The van der Waals surface area contributed by atoms with Gasteiger partial charge in [0.05, 0.1) is 25.1 Å². The molecule has 2 aliphatic rings. The smallest absolute Gasteiger partial charge is 0.534 e. The van der Waals surface area contributed by atoms with Crippen molar-refractivity contribution in [3.05, 3.63) is 52.1 Å². The lowest BCUT2D eigenvalue weighted by molar-refractivity contribution is -0.122. The Hall–Kier alpha value is -4.37. The molecule has 2 aromatic carbocycles. The minimum atomic E-state index is -1.49. The van der Waals surface area contributed by atoms with Gasteiger partial charge in [-0.2, -0.15) is 0 Å². The van der Waals surface area contributed by atoms with Gasteiger partial charge in [0, 0.05) is 18.4 Å². The number of ether oxygens (including phenoxy) is 2. The van der Waals surface area contributed by atoms with Crippen molar-refractivity contribution in [2.45, 2.75) is 79.1 Å². The molecule has 0 aliphatic carbocycles. The molecule has 4 rings (SSSR count). The maximum absolute atomic E-state index is 14.0. The first-order chi connectivity index (χ1) is 22.3. The molecule has 0 saturated heterocycles. The zero-order chi connectivity index (χ0) is 35.4. The summed E-state index contributed by atoms with van der Waals surface area (Å²) in [7, 11) is -2.77. The van der Waals surface area contributed by atoms with Crippen molar-refractivity contribution in [2.75, 3.05) is 13.2 Å². The summed E-state index contributed by atoms with van der Waals surface area (Å²) in [5.41, 5.74) is 0.0470. The van der Waals surface area contributed by atoms with E-state index < -0.39 is 49.7 Å². The van der Waals surface area contributed by atoms with Crippen LogP contribution in [0, 0.1) is 11.6 Å². The van der Waals surface area contributed by atoms with E-state index in [4.69, 9.17) is 18.8 Å². The third kappa shape index (κ3) is 9.81. The van der Waals surface area contributed by atoms with Crippen molar-refractivity contribution in [1.29, 1.82) is 0 Å². The van der Waals surface area contributed by atoms with E-state index in [9.17, 15) is 43.1 Å². The average molecular weight is 664 g/mol. The lowest BCUT2D eigenvalue weighted by atomic mass is 9.72. The summed E-state index contributed by atoms with van der Waals surface area (Å²) in [6, 6.07) is 3.34. The molecular formula is C30H40B2F2N2O11. The van der Waals surface area contributed by atoms with Gasteiger partial charge in [0.1, 0.15) is 28.4 Å². The molecule has 256 valence electrons. The Labute approximate surface area is 272 Å². The van der Waals surface area contributed by atoms with Crippen molar-refractivity contribution in [1.82, 2.24) is 10.6 Å². The van der Waals surface area contributed by atoms with Crippen LogP contribution < -0.4 is 19.9 Å². The summed E-state index contributed by atoms with van der Waals surface area (Å²) in [5.74, 6) is -6.32. The fourth-order valence-corrected chi connectivity index (χ4v) is 4.59. The zero-order valence-corrected chi connectivity index (χ0v) is 27.1. The van der Waals surface area contributed by atoms with Crippen LogP contribution in [-0.4, -0.2) is 78.2 Å². The number of esters is 2. The number of carbonyl (C=O) groups is 4. The molecule has 5 N–H and O–H groups in total. The lowest BCUT2D eigenvalue weighted by Gasteiger charge is -2.29. The highest BCUT2D eigenvalue weighted by Crippen LogP contribution is 2.35. The minimum absolute atomic E-state index is 0.0460. The van der Waals surface area contributed by atoms with Crippen LogP contribution in [0.4, 0.5) is 8.78 Å². The van der Waals surface area contributed by atoms with E-state index in [2.05, 4.69) is 10.6 Å². The van der Waals surface area contributed by atoms with E-state index in [0.29, 0.717) is 11.6 Å². The summed E-state index contributed by atoms with van der Waals surface area (Å²) in [4.78, 5) is 46.7. The van der Waals surface area contributed by atoms with Crippen molar-refractivity contribution >= 4 is 38.0 Å². The number of nitrogens with one attached hydrogen (secondary N) is 2. The number of benzene rings is 2. The Kier molecular flexibility index (Phi) is 14.9. The standard InChI is InChI=1S/C14H16BF2NO5.C14H18BNO6.C2H6/c1-3-11(19)18-10-6-7-12(17)9(16)5-8(14(20)22-4-2)13(7)23-15(10)21;1-3-12(18)16-11-6-8-5-9(17)7-10(14(19)21-4-2)13(8)22-15(11)20;1-2/h5,10,21H,3-4,6H2,1-2H3,(H,18,19);5,7,11,17,20H,3-4,6H2,1-2H3,(H,16,18);1-2H3. The quantitative estimate of drug-likeness (QED) is 0.206. The third-order valence-corrected chi connectivity index (χ3v) is 6.77. The fraction of sp³-hybridized carbons (Fsp3) is 0.467. The van der Waals surface area contributed by atoms with Crippen LogP contribution in [0.25, 0.3) is 0 Å². The number of halogens is 2. The summed E-state index contributed by atoms with van der Waals surface area (Å²) in [6.07, 6.45) is 0.473. The van der Waals surface area contributed by atoms with Crippen LogP contribution in [0.5, 0.6) is 17.2 Å². The van der Waals surface area contributed by atoms with Crippen LogP contribution in [-0.2, 0) is 31.9 Å². The summed E-state index contributed by atoms with van der Waals surface area (Å²) in [5, 5.41) is 34.8. The maximum Gasteiger partial charge on any atom is 0.547 e. The molecule has 2 amide bonds. The van der Waals surface area contributed by atoms with E-state index in [1.807, 2.05) is 13.8 Å². The van der Waals surface area contributed by atoms with Crippen molar-refractivity contribution in [3.8, 4) is 17.2 Å². The topological polar surface area (TPSA) is 190 Å². The predicted molar refractivity (Wildman–Crippen MR) is 167 cm³/mol. The van der Waals surface area contributed by atoms with Crippen LogP contribution in [0.15, 0.2) is 18.2 Å². The van der Waals surface area contributed by atoms with Gasteiger partial charge in [0.15, 0.2) is 11.6 Å². The summed E-state index contributed by atoms with van der Waals surface area (Å²) >= 11 is 0. The predicted octanol–water partition coefficient (Wildman–Crippen LogP) is 2.44. The van der Waals surface area contributed by atoms with E-state index in [1.165, 1.54) is 12.1 Å². The van der Waals surface area contributed by atoms with Gasteiger partial charge in [-0.05, 0) is 50.5 Å². The molecule has 17 heteroatoms. The Balaban J connectivity index is 0.000000311. The van der Waals surface area contributed by atoms with Gasteiger partial charge in [0.25, 0.3) is 0 Å². The second-order valence-corrected chi connectivity index (χ2v) is 9.93. The molecule has 47 heavy (non-hydrogen) atoms. The van der Waals surface area contributed by atoms with E-state index in [1.54, 1.807) is 27.7 Å². The molecule has 2 unspecified atom stereocenters. The highest BCUT2D eigenvalue weighted by atomic mass is 19.2. The number of carbonyl (C=O) groups excluding carboxylic acids is 4. The number of rotatable bonds is 8. The molecule has 0 bridgehead atoms. The number of aromatic hydroxyl groups is 1. The normalized spacial score (nSPS) is 15.9. The molecule has 0 radical (unpaired) electrons. The third-order valence-electron chi connectivity index (χ3n) is 6.77. The molecule has 2 aliphatic heterocycles. The van der Waals surface area contributed by atoms with Gasteiger partial charge < -0.3 is 44.6 Å². The monoisotopic (exact) mass is 664 g/mol. The Bertz CT molecular complexity index is 1450. The number of hydrogen-bond donors (Lipinski definition) is 5. The summed E-state index contributed by atoms with van der Waals surface area (Å²) in [6.45, 7) is 10.8. The van der Waals surface area contributed by atoms with Gasteiger partial charge in [-0.25, -0.2) is 18.4 Å². The second-order valence-electron chi connectivity index (χ2n) is 9.93. The largest absolute Gasteiger partial charge is 0.547 e. The molecular weight excluding hydrogens is 624 g/mol. The van der Waals surface area contributed by atoms with Crippen LogP contribution in [0.3, 0.4) is 0 Å². The van der Waals surface area contributed by atoms with Crippen LogP contribution >= 0.6 is 0 Å². The number of phenolic OH excluding ortho intramolecular Hbond substituents is 1. The molecule has 0 aromatic heterocycles. The number of phenols is 1. The average Bonchev–Trinajstić information content (AvgIpc) is 3.05. The van der Waals surface area contributed by atoms with Crippen molar-refractivity contribution < 1.29 is 61.9 Å². The molecule has 2 atom stereocenters. The lowest BCUT2D eigenvalue weighted by Crippen LogP contribution is -2.53. The molecule has 2 aromatic rings. The number of fused-ring (bicyclic) bond motifs is 2. The van der Waals surface area contributed by atoms with E-state index >= 15 is 0 Å². The number of amides is 2. The fourth-order valence-electron chi connectivity index (χ4n) is 4.59. The van der Waals surface area contributed by atoms with E-state index in [-0.39, 0.29) is 84.7 Å².